The zero-order valence-corrected chi connectivity index (χ0v) is 16.7. The fraction of sp³-hybridized carbons (Fsp3) is 0.364. The summed E-state index contributed by atoms with van der Waals surface area (Å²) in [5.41, 5.74) is 6.00. The number of nitrogens with one attached hydrogen (secondary N) is 1. The van der Waals surface area contributed by atoms with Gasteiger partial charge in [0.15, 0.2) is 5.58 Å². The second-order valence-corrected chi connectivity index (χ2v) is 7.59. The molecule has 0 saturated carbocycles. The number of benzene rings is 2. The Hall–Kier alpha value is -2.86. The largest absolute Gasteiger partial charge is 0.439 e. The first-order valence-electron chi connectivity index (χ1n) is 9.69. The van der Waals surface area contributed by atoms with E-state index in [4.69, 9.17) is 4.42 Å². The number of hydrogen-bond acceptors (Lipinski definition) is 4. The van der Waals surface area contributed by atoms with E-state index in [-0.39, 0.29) is 6.03 Å². The predicted octanol–water partition coefficient (Wildman–Crippen LogP) is 4.10. The molecule has 1 saturated heterocycles. The monoisotopic (exact) mass is 378 g/mol. The molecule has 2 aromatic carbocycles. The SMILES string of the molecule is Cc1ccc(C)c(NC(=O)N2CCN(Cc3nc4cc(C)ccc4o3)CC2)c1. The van der Waals surface area contributed by atoms with Crippen LogP contribution in [0.3, 0.4) is 0 Å². The lowest BCUT2D eigenvalue weighted by atomic mass is 10.1. The minimum absolute atomic E-state index is 0.0364. The summed E-state index contributed by atoms with van der Waals surface area (Å²) in [6.07, 6.45) is 0. The summed E-state index contributed by atoms with van der Waals surface area (Å²) in [4.78, 5) is 21.4. The highest BCUT2D eigenvalue weighted by Gasteiger charge is 2.22. The Balaban J connectivity index is 1.33. The maximum Gasteiger partial charge on any atom is 0.321 e. The number of hydrogen-bond donors (Lipinski definition) is 1. The Morgan fingerprint density at radius 1 is 1.04 bits per heavy atom. The van der Waals surface area contributed by atoms with Gasteiger partial charge in [0.05, 0.1) is 6.54 Å². The summed E-state index contributed by atoms with van der Waals surface area (Å²) in [5.74, 6) is 0.730. The van der Waals surface area contributed by atoms with Crippen molar-refractivity contribution in [1.82, 2.24) is 14.8 Å². The van der Waals surface area contributed by atoms with Gasteiger partial charge < -0.3 is 14.6 Å². The van der Waals surface area contributed by atoms with Crippen LogP contribution in [0, 0.1) is 20.8 Å². The van der Waals surface area contributed by atoms with E-state index in [1.165, 1.54) is 5.56 Å². The number of amides is 2. The first-order valence-corrected chi connectivity index (χ1v) is 9.69. The van der Waals surface area contributed by atoms with Gasteiger partial charge in [0, 0.05) is 31.9 Å². The van der Waals surface area contributed by atoms with Crippen LogP contribution in [0.25, 0.3) is 11.1 Å². The normalized spacial score (nSPS) is 15.2. The summed E-state index contributed by atoms with van der Waals surface area (Å²) >= 11 is 0. The fourth-order valence-corrected chi connectivity index (χ4v) is 3.52. The summed E-state index contributed by atoms with van der Waals surface area (Å²) < 4.78 is 5.86. The molecule has 1 fully saturated rings. The smallest absolute Gasteiger partial charge is 0.321 e. The quantitative estimate of drug-likeness (QED) is 0.745. The van der Waals surface area contributed by atoms with Crippen LogP contribution in [0.2, 0.25) is 0 Å². The van der Waals surface area contributed by atoms with Crippen LogP contribution in [0.5, 0.6) is 0 Å². The number of carbonyl (C=O) groups is 1. The number of piperazine rings is 1. The van der Waals surface area contributed by atoms with Crippen molar-refractivity contribution in [3.8, 4) is 0 Å². The second-order valence-electron chi connectivity index (χ2n) is 7.59. The lowest BCUT2D eigenvalue weighted by Crippen LogP contribution is -2.49. The molecule has 28 heavy (non-hydrogen) atoms. The van der Waals surface area contributed by atoms with Crippen molar-refractivity contribution in [1.29, 1.82) is 0 Å². The maximum absolute atomic E-state index is 12.6. The number of carbonyl (C=O) groups excluding carboxylic acids is 1. The molecule has 0 unspecified atom stereocenters. The Morgan fingerprint density at radius 3 is 2.54 bits per heavy atom. The van der Waals surface area contributed by atoms with E-state index in [1.54, 1.807) is 0 Å². The summed E-state index contributed by atoms with van der Waals surface area (Å²) in [7, 11) is 0. The highest BCUT2D eigenvalue weighted by Crippen LogP contribution is 2.20. The van der Waals surface area contributed by atoms with E-state index in [9.17, 15) is 4.79 Å². The minimum Gasteiger partial charge on any atom is -0.439 e. The molecule has 1 N–H and O–H groups in total. The molecule has 0 bridgehead atoms. The predicted molar refractivity (Wildman–Crippen MR) is 111 cm³/mol. The number of rotatable bonds is 3. The number of fused-ring (bicyclic) bond motifs is 1. The van der Waals surface area contributed by atoms with Gasteiger partial charge in [-0.15, -0.1) is 0 Å². The lowest BCUT2D eigenvalue weighted by Gasteiger charge is -2.34. The first-order chi connectivity index (χ1) is 13.5. The van der Waals surface area contributed by atoms with Gasteiger partial charge in [0.25, 0.3) is 0 Å². The summed E-state index contributed by atoms with van der Waals surface area (Å²) in [5, 5.41) is 3.05. The molecular formula is C22H26N4O2. The molecule has 1 aliphatic heterocycles. The Labute approximate surface area is 165 Å². The third-order valence-electron chi connectivity index (χ3n) is 5.24. The van der Waals surface area contributed by atoms with E-state index >= 15 is 0 Å². The lowest BCUT2D eigenvalue weighted by molar-refractivity contribution is 0.136. The average molecular weight is 378 g/mol. The molecule has 0 atom stereocenters. The van der Waals surface area contributed by atoms with Crippen molar-refractivity contribution in [3.63, 3.8) is 0 Å². The van der Waals surface area contributed by atoms with Crippen molar-refractivity contribution >= 4 is 22.8 Å². The molecule has 6 heteroatoms. The Morgan fingerprint density at radius 2 is 1.75 bits per heavy atom. The van der Waals surface area contributed by atoms with Crippen molar-refractivity contribution in [2.75, 3.05) is 31.5 Å². The maximum atomic E-state index is 12.6. The van der Waals surface area contributed by atoms with Crippen LogP contribution in [-0.2, 0) is 6.54 Å². The van der Waals surface area contributed by atoms with Crippen LogP contribution in [-0.4, -0.2) is 47.0 Å². The molecular weight excluding hydrogens is 352 g/mol. The summed E-state index contributed by atoms with van der Waals surface area (Å²) in [6, 6.07) is 12.1. The van der Waals surface area contributed by atoms with E-state index in [1.807, 2.05) is 49.1 Å². The third-order valence-corrected chi connectivity index (χ3v) is 5.24. The molecule has 1 aromatic heterocycles. The van der Waals surface area contributed by atoms with Crippen LogP contribution in [0.15, 0.2) is 40.8 Å². The molecule has 1 aliphatic rings. The molecule has 6 nitrogen and oxygen atoms in total. The van der Waals surface area contributed by atoms with E-state index < -0.39 is 0 Å². The van der Waals surface area contributed by atoms with Gasteiger partial charge in [0.1, 0.15) is 5.52 Å². The Kier molecular flexibility index (Phi) is 5.05. The number of aromatic nitrogens is 1. The molecule has 0 aliphatic carbocycles. The topological polar surface area (TPSA) is 61.6 Å². The highest BCUT2D eigenvalue weighted by atomic mass is 16.3. The zero-order chi connectivity index (χ0) is 19.7. The molecule has 3 aromatic rings. The molecule has 2 heterocycles. The Bertz CT molecular complexity index is 1000. The molecule has 4 rings (SSSR count). The first kappa shape index (κ1) is 18.5. The van der Waals surface area contributed by atoms with E-state index in [0.29, 0.717) is 19.6 Å². The van der Waals surface area contributed by atoms with Gasteiger partial charge in [-0.2, -0.15) is 0 Å². The molecule has 146 valence electrons. The third kappa shape index (κ3) is 4.02. The van der Waals surface area contributed by atoms with Crippen molar-refractivity contribution in [2.24, 2.45) is 0 Å². The van der Waals surface area contributed by atoms with Gasteiger partial charge in [0.2, 0.25) is 5.89 Å². The second kappa shape index (κ2) is 7.64. The van der Waals surface area contributed by atoms with Crippen molar-refractivity contribution < 1.29 is 9.21 Å². The standard InChI is InChI=1S/C22H26N4O2/c1-15-4-6-17(3)18(12-15)24-22(27)26-10-8-25(9-11-26)14-21-23-19-13-16(2)5-7-20(19)28-21/h4-7,12-13H,8-11,14H2,1-3H3,(H,24,27). The number of anilines is 1. The van der Waals surface area contributed by atoms with Crippen LogP contribution >= 0.6 is 0 Å². The number of oxazole rings is 1. The number of nitrogens with zero attached hydrogens (tertiary/aromatic N) is 3. The van der Waals surface area contributed by atoms with Gasteiger partial charge in [-0.05, 0) is 55.7 Å². The van der Waals surface area contributed by atoms with Gasteiger partial charge >= 0.3 is 6.03 Å². The van der Waals surface area contributed by atoms with Gasteiger partial charge in [-0.3, -0.25) is 4.90 Å². The van der Waals surface area contributed by atoms with E-state index in [2.05, 4.69) is 28.2 Å². The van der Waals surface area contributed by atoms with Crippen molar-refractivity contribution in [3.05, 3.63) is 59.0 Å². The molecule has 0 radical (unpaired) electrons. The van der Waals surface area contributed by atoms with Gasteiger partial charge in [-0.1, -0.05) is 18.2 Å². The summed E-state index contributed by atoms with van der Waals surface area (Å²) in [6.45, 7) is 9.74. The zero-order valence-electron chi connectivity index (χ0n) is 16.7. The molecule has 2 amide bonds. The van der Waals surface area contributed by atoms with Crippen LogP contribution < -0.4 is 5.32 Å². The van der Waals surface area contributed by atoms with Gasteiger partial charge in [-0.25, -0.2) is 9.78 Å². The number of urea groups is 1. The highest BCUT2D eigenvalue weighted by molar-refractivity contribution is 5.90. The van der Waals surface area contributed by atoms with Crippen molar-refractivity contribution in [2.45, 2.75) is 27.3 Å². The number of aryl methyl sites for hydroxylation is 3. The average Bonchev–Trinajstić information content (AvgIpc) is 3.06. The molecule has 0 spiro atoms. The van der Waals surface area contributed by atoms with Crippen LogP contribution in [0.1, 0.15) is 22.6 Å². The van der Waals surface area contributed by atoms with E-state index in [0.717, 1.165) is 46.9 Å². The minimum atomic E-state index is -0.0364. The fourth-order valence-electron chi connectivity index (χ4n) is 3.52. The van der Waals surface area contributed by atoms with Crippen LogP contribution in [0.4, 0.5) is 10.5 Å².